The molecule has 1 aromatic heterocycles. The van der Waals surface area contributed by atoms with Crippen molar-refractivity contribution in [3.05, 3.63) is 68.5 Å². The number of aromatic nitrogens is 2. The fourth-order valence-corrected chi connectivity index (χ4v) is 4.10. The molecule has 0 aliphatic carbocycles. The molecule has 15 heteroatoms. The highest BCUT2D eigenvalue weighted by Gasteiger charge is 2.33. The molecule has 1 aliphatic rings. The highest BCUT2D eigenvalue weighted by molar-refractivity contribution is 5.90. The molecule has 0 unspecified atom stereocenters. The summed E-state index contributed by atoms with van der Waals surface area (Å²) in [7, 11) is 0. The molecule has 8 N–H and O–H groups in total. The molecule has 15 nitrogen and oxygen atoms in total. The SMILES string of the molecule is Cc1cn(CC(=O)N[C@@H](Cc2ccccc2)C(=O)NCC(=O)N[C@H]2CO[C@H](CON)[C@@H](ON)C2)c(=O)[nH]c1=O. The molecule has 212 valence electrons. The van der Waals surface area contributed by atoms with Gasteiger partial charge in [0.2, 0.25) is 17.7 Å². The van der Waals surface area contributed by atoms with Crippen LogP contribution < -0.4 is 39.0 Å². The summed E-state index contributed by atoms with van der Waals surface area (Å²) in [5, 5.41) is 7.87. The standard InChI is InChI=1S/C24H33N7O8/c1-14-10-31(24(36)30-22(14)34)11-21(33)29-17(7-15-5-3-2-4-6-15)23(35)27-9-20(32)28-16-8-18(39-26)19(13-38-25)37-12-16/h2-6,10,16-19H,7-9,11-13,25-26H2,1H3,(H,27,35)(H,28,32)(H,29,33)(H,30,34,36)/t16-,17+,18+,19-/m1/s1. The van der Waals surface area contributed by atoms with Crippen LogP contribution in [0.2, 0.25) is 0 Å². The Bertz CT molecular complexity index is 1250. The Labute approximate surface area is 223 Å². The quantitative estimate of drug-likeness (QED) is 0.149. The van der Waals surface area contributed by atoms with Gasteiger partial charge in [0, 0.05) is 24.6 Å². The minimum atomic E-state index is -1.04. The average molecular weight is 548 g/mol. The van der Waals surface area contributed by atoms with Crippen LogP contribution in [-0.4, -0.2) is 71.3 Å². The largest absolute Gasteiger partial charge is 0.371 e. The number of aryl methyl sites for hydroxylation is 1. The van der Waals surface area contributed by atoms with E-state index in [0.29, 0.717) is 6.42 Å². The van der Waals surface area contributed by atoms with Gasteiger partial charge in [-0.1, -0.05) is 30.3 Å². The molecule has 2 heterocycles. The molecule has 0 bridgehead atoms. The fraction of sp³-hybridized carbons (Fsp3) is 0.458. The molecule has 1 fully saturated rings. The first-order chi connectivity index (χ1) is 18.7. The number of hydrogen-bond acceptors (Lipinski definition) is 10. The number of nitrogens with two attached hydrogens (primary N) is 2. The van der Waals surface area contributed by atoms with Crippen molar-refractivity contribution >= 4 is 17.7 Å². The van der Waals surface area contributed by atoms with Gasteiger partial charge in [-0.15, -0.1) is 0 Å². The van der Waals surface area contributed by atoms with Gasteiger partial charge < -0.3 is 25.5 Å². The third kappa shape index (κ3) is 8.83. The van der Waals surface area contributed by atoms with Gasteiger partial charge in [0.15, 0.2) is 0 Å². The van der Waals surface area contributed by atoms with E-state index in [2.05, 4.69) is 25.8 Å². The zero-order valence-corrected chi connectivity index (χ0v) is 21.4. The maximum absolute atomic E-state index is 13.0. The van der Waals surface area contributed by atoms with E-state index in [1.165, 1.54) is 13.1 Å². The van der Waals surface area contributed by atoms with E-state index in [-0.39, 0.29) is 31.7 Å². The number of ether oxygens (including phenoxy) is 1. The van der Waals surface area contributed by atoms with Gasteiger partial charge in [-0.3, -0.25) is 33.6 Å². The van der Waals surface area contributed by atoms with Crippen LogP contribution in [0.25, 0.3) is 0 Å². The highest BCUT2D eigenvalue weighted by atomic mass is 16.7. The Morgan fingerprint density at radius 3 is 2.62 bits per heavy atom. The Kier molecular flexibility index (Phi) is 10.9. The van der Waals surface area contributed by atoms with Crippen molar-refractivity contribution < 1.29 is 28.8 Å². The molecule has 0 spiro atoms. The molecule has 0 saturated carbocycles. The number of carbonyl (C=O) groups excluding carboxylic acids is 3. The topological polar surface area (TPSA) is 222 Å². The second kappa shape index (κ2) is 14.3. The van der Waals surface area contributed by atoms with Crippen molar-refractivity contribution in [3.8, 4) is 0 Å². The van der Waals surface area contributed by atoms with Crippen molar-refractivity contribution in [3.63, 3.8) is 0 Å². The molecular formula is C24H33N7O8. The van der Waals surface area contributed by atoms with Gasteiger partial charge in [0.1, 0.15) is 24.8 Å². The maximum Gasteiger partial charge on any atom is 0.328 e. The van der Waals surface area contributed by atoms with E-state index in [4.69, 9.17) is 21.4 Å². The first kappa shape index (κ1) is 29.7. The van der Waals surface area contributed by atoms with E-state index in [1.54, 1.807) is 24.3 Å². The molecule has 3 amide bonds. The Balaban J connectivity index is 1.59. The summed E-state index contributed by atoms with van der Waals surface area (Å²) in [5.41, 5.74) is -0.283. The zero-order valence-electron chi connectivity index (χ0n) is 21.4. The van der Waals surface area contributed by atoms with Gasteiger partial charge in [-0.2, -0.15) is 0 Å². The van der Waals surface area contributed by atoms with Crippen LogP contribution in [0.3, 0.4) is 0 Å². The lowest BCUT2D eigenvalue weighted by atomic mass is 10.0. The first-order valence-electron chi connectivity index (χ1n) is 12.2. The molecule has 1 saturated heterocycles. The minimum Gasteiger partial charge on any atom is -0.371 e. The normalized spacial score (nSPS) is 19.6. The minimum absolute atomic E-state index is 0.0730. The number of aromatic amines is 1. The van der Waals surface area contributed by atoms with E-state index < -0.39 is 59.8 Å². The number of amides is 3. The second-order valence-corrected chi connectivity index (χ2v) is 9.11. The molecular weight excluding hydrogens is 514 g/mol. The summed E-state index contributed by atoms with van der Waals surface area (Å²) in [4.78, 5) is 73.5. The number of carbonyl (C=O) groups is 3. The Morgan fingerprint density at radius 2 is 1.92 bits per heavy atom. The number of nitrogens with one attached hydrogen (secondary N) is 4. The van der Waals surface area contributed by atoms with Crippen molar-refractivity contribution in [1.82, 2.24) is 25.5 Å². The summed E-state index contributed by atoms with van der Waals surface area (Å²) >= 11 is 0. The summed E-state index contributed by atoms with van der Waals surface area (Å²) in [6, 6.07) is 7.50. The van der Waals surface area contributed by atoms with E-state index >= 15 is 0 Å². The molecule has 39 heavy (non-hydrogen) atoms. The highest BCUT2D eigenvalue weighted by Crippen LogP contribution is 2.17. The first-order valence-corrected chi connectivity index (χ1v) is 12.2. The molecule has 4 atom stereocenters. The lowest BCUT2D eigenvalue weighted by Crippen LogP contribution is -2.54. The van der Waals surface area contributed by atoms with Crippen LogP contribution in [0, 0.1) is 6.92 Å². The van der Waals surface area contributed by atoms with Crippen LogP contribution in [-0.2, 0) is 41.8 Å². The second-order valence-electron chi connectivity index (χ2n) is 9.11. The van der Waals surface area contributed by atoms with Crippen molar-refractivity contribution in [1.29, 1.82) is 0 Å². The summed E-state index contributed by atoms with van der Waals surface area (Å²) in [6.07, 6.45) is 0.714. The van der Waals surface area contributed by atoms with Gasteiger partial charge in [0.25, 0.3) is 5.56 Å². The average Bonchev–Trinajstić information content (AvgIpc) is 2.91. The Morgan fingerprint density at radius 1 is 1.18 bits per heavy atom. The third-order valence-corrected chi connectivity index (χ3v) is 6.10. The number of nitrogens with zero attached hydrogens (tertiary/aromatic N) is 1. The molecule has 2 aromatic rings. The Hall–Kier alpha value is -3.89. The lowest BCUT2D eigenvalue weighted by Gasteiger charge is -2.34. The lowest BCUT2D eigenvalue weighted by molar-refractivity contribution is -0.146. The monoisotopic (exact) mass is 547 g/mol. The van der Waals surface area contributed by atoms with Crippen LogP contribution >= 0.6 is 0 Å². The number of benzene rings is 1. The predicted molar refractivity (Wildman–Crippen MR) is 137 cm³/mol. The molecule has 0 radical (unpaired) electrons. The maximum atomic E-state index is 13.0. The predicted octanol–water partition coefficient (Wildman–Crippen LogP) is -2.89. The van der Waals surface area contributed by atoms with E-state index in [9.17, 15) is 24.0 Å². The third-order valence-electron chi connectivity index (χ3n) is 6.10. The number of hydrogen-bond donors (Lipinski definition) is 6. The number of H-pyrrole nitrogens is 1. The smallest absolute Gasteiger partial charge is 0.328 e. The van der Waals surface area contributed by atoms with Crippen LogP contribution in [0.1, 0.15) is 17.5 Å². The van der Waals surface area contributed by atoms with Gasteiger partial charge in [-0.05, 0) is 12.5 Å². The molecule has 1 aliphatic heterocycles. The molecule has 1 aromatic carbocycles. The van der Waals surface area contributed by atoms with Crippen LogP contribution in [0.15, 0.2) is 46.1 Å². The van der Waals surface area contributed by atoms with E-state index in [0.717, 1.165) is 10.1 Å². The number of rotatable bonds is 12. The van der Waals surface area contributed by atoms with Gasteiger partial charge in [0.05, 0.1) is 25.8 Å². The van der Waals surface area contributed by atoms with Crippen molar-refractivity contribution in [2.45, 2.75) is 50.6 Å². The van der Waals surface area contributed by atoms with E-state index in [1.807, 2.05) is 6.07 Å². The summed E-state index contributed by atoms with van der Waals surface area (Å²) < 4.78 is 6.61. The van der Waals surface area contributed by atoms with Crippen LogP contribution in [0.5, 0.6) is 0 Å². The molecule has 3 rings (SSSR count). The van der Waals surface area contributed by atoms with Gasteiger partial charge >= 0.3 is 5.69 Å². The summed E-state index contributed by atoms with van der Waals surface area (Å²) in [6.45, 7) is 0.961. The fourth-order valence-electron chi connectivity index (χ4n) is 4.10. The van der Waals surface area contributed by atoms with Crippen LogP contribution in [0.4, 0.5) is 0 Å². The van der Waals surface area contributed by atoms with Crippen molar-refractivity contribution in [2.75, 3.05) is 19.8 Å². The summed E-state index contributed by atoms with van der Waals surface area (Å²) in [5.74, 6) is 8.67. The van der Waals surface area contributed by atoms with Gasteiger partial charge in [-0.25, -0.2) is 16.6 Å². The van der Waals surface area contributed by atoms with Crippen molar-refractivity contribution in [2.24, 2.45) is 11.8 Å². The zero-order chi connectivity index (χ0) is 28.4.